The van der Waals surface area contributed by atoms with Gasteiger partial charge in [0.15, 0.2) is 0 Å². The summed E-state index contributed by atoms with van der Waals surface area (Å²) in [7, 11) is 0. The maximum atomic E-state index is 12.2. The van der Waals surface area contributed by atoms with Crippen molar-refractivity contribution >= 4 is 27.7 Å². The van der Waals surface area contributed by atoms with E-state index in [0.29, 0.717) is 18.2 Å². The van der Waals surface area contributed by atoms with Crippen LogP contribution in [-0.4, -0.2) is 31.0 Å². The van der Waals surface area contributed by atoms with Crippen LogP contribution in [0.1, 0.15) is 36.2 Å². The summed E-state index contributed by atoms with van der Waals surface area (Å²) in [5.74, 6) is 0.775. The molecule has 0 saturated heterocycles. The van der Waals surface area contributed by atoms with Gasteiger partial charge in [-0.15, -0.1) is 0 Å². The van der Waals surface area contributed by atoms with E-state index in [2.05, 4.69) is 36.3 Å². The molecule has 1 aliphatic carbocycles. The van der Waals surface area contributed by atoms with E-state index in [1.165, 1.54) is 4.68 Å². The molecule has 0 saturated carbocycles. The summed E-state index contributed by atoms with van der Waals surface area (Å²) in [6.07, 6.45) is 3.70. The molecule has 0 atom stereocenters. The molecule has 0 aromatic carbocycles. The number of fused-ring (bicyclic) bond motifs is 1. The molecule has 0 fully saturated rings. The molecule has 122 valence electrons. The Kier molecular flexibility index (Phi) is 4.61. The Morgan fingerprint density at radius 2 is 2.30 bits per heavy atom. The first-order chi connectivity index (χ1) is 11.1. The Bertz CT molecular complexity index is 796. The zero-order valence-electron chi connectivity index (χ0n) is 12.9. The monoisotopic (exact) mass is 379 g/mol. The number of aromatic amines is 1. The molecule has 0 aliphatic heterocycles. The van der Waals surface area contributed by atoms with Crippen molar-refractivity contribution in [2.75, 3.05) is 10.6 Å². The number of aryl methyl sites for hydroxylation is 2. The van der Waals surface area contributed by atoms with Crippen molar-refractivity contribution in [3.63, 3.8) is 0 Å². The second kappa shape index (κ2) is 6.66. The Hall–Kier alpha value is -1.96. The van der Waals surface area contributed by atoms with E-state index in [9.17, 15) is 9.59 Å². The summed E-state index contributed by atoms with van der Waals surface area (Å²) in [5.41, 5.74) is 2.21. The van der Waals surface area contributed by atoms with Crippen LogP contribution in [0.4, 0.5) is 5.82 Å². The van der Waals surface area contributed by atoms with Crippen LogP contribution < -0.4 is 10.9 Å². The largest absolute Gasteiger partial charge is 0.310 e. The van der Waals surface area contributed by atoms with Gasteiger partial charge >= 0.3 is 0 Å². The molecule has 7 nitrogen and oxygen atoms in total. The lowest BCUT2D eigenvalue weighted by Gasteiger charge is -2.09. The molecule has 0 bridgehead atoms. The lowest BCUT2D eigenvalue weighted by atomic mass is 10.3. The quantitative estimate of drug-likeness (QED) is 0.775. The summed E-state index contributed by atoms with van der Waals surface area (Å²) < 4.78 is 1.49. The number of rotatable bonds is 5. The maximum absolute atomic E-state index is 12.2. The second-order valence-corrected chi connectivity index (χ2v) is 6.38. The van der Waals surface area contributed by atoms with Gasteiger partial charge in [-0.1, -0.05) is 15.9 Å². The van der Waals surface area contributed by atoms with Crippen LogP contribution in [-0.2, 0) is 17.6 Å². The highest BCUT2D eigenvalue weighted by Gasteiger charge is 2.19. The van der Waals surface area contributed by atoms with Gasteiger partial charge in [0.25, 0.3) is 5.56 Å². The fourth-order valence-corrected chi connectivity index (χ4v) is 2.99. The highest BCUT2D eigenvalue weighted by molar-refractivity contribution is 9.09. The Balaban J connectivity index is 1.93. The third-order valence-electron chi connectivity index (χ3n) is 3.77. The van der Waals surface area contributed by atoms with Gasteiger partial charge in [0.05, 0.1) is 11.4 Å². The average Bonchev–Trinajstić information content (AvgIpc) is 3.11. The van der Waals surface area contributed by atoms with E-state index in [0.717, 1.165) is 48.0 Å². The molecule has 23 heavy (non-hydrogen) atoms. The van der Waals surface area contributed by atoms with Crippen LogP contribution in [0.25, 0.3) is 5.95 Å². The smallest absolute Gasteiger partial charge is 0.255 e. The van der Waals surface area contributed by atoms with Crippen LogP contribution in [0.3, 0.4) is 0 Å². The summed E-state index contributed by atoms with van der Waals surface area (Å²) in [6, 6.07) is 1.76. The van der Waals surface area contributed by atoms with E-state index in [1.807, 2.05) is 6.92 Å². The highest BCUT2D eigenvalue weighted by atomic mass is 79.9. The molecule has 3 rings (SSSR count). The molecule has 1 aliphatic rings. The second-order valence-electron chi connectivity index (χ2n) is 5.59. The fourth-order valence-electron chi connectivity index (χ4n) is 2.71. The summed E-state index contributed by atoms with van der Waals surface area (Å²) in [5, 5.41) is 7.95. The summed E-state index contributed by atoms with van der Waals surface area (Å²) in [4.78, 5) is 31.4. The molecular formula is C15H18BrN5O2. The lowest BCUT2D eigenvalue weighted by molar-refractivity contribution is -0.116. The van der Waals surface area contributed by atoms with Crippen LogP contribution in [0, 0.1) is 6.92 Å². The number of aromatic nitrogens is 4. The number of alkyl halides is 1. The highest BCUT2D eigenvalue weighted by Crippen LogP contribution is 2.19. The predicted octanol–water partition coefficient (Wildman–Crippen LogP) is 1.87. The number of nitrogens with zero attached hydrogens (tertiary/aromatic N) is 3. The van der Waals surface area contributed by atoms with Crippen molar-refractivity contribution in [2.45, 2.75) is 39.0 Å². The maximum Gasteiger partial charge on any atom is 0.255 e. The number of amides is 1. The molecule has 2 N–H and O–H groups in total. The van der Waals surface area contributed by atoms with Gasteiger partial charge in [-0.25, -0.2) is 4.98 Å². The first kappa shape index (κ1) is 15.9. The molecular weight excluding hydrogens is 362 g/mol. The topological polar surface area (TPSA) is 92.7 Å². The van der Waals surface area contributed by atoms with Gasteiger partial charge in [-0.3, -0.25) is 14.6 Å². The van der Waals surface area contributed by atoms with E-state index in [4.69, 9.17) is 0 Å². The van der Waals surface area contributed by atoms with Gasteiger partial charge in [0, 0.05) is 23.4 Å². The lowest BCUT2D eigenvalue weighted by Crippen LogP contribution is -2.21. The molecule has 0 spiro atoms. The fraction of sp³-hybridized carbons (Fsp3) is 0.467. The van der Waals surface area contributed by atoms with Crippen LogP contribution in [0.2, 0.25) is 0 Å². The average molecular weight is 380 g/mol. The first-order valence-electron chi connectivity index (χ1n) is 7.63. The number of carbonyl (C=O) groups is 1. The third kappa shape index (κ3) is 3.36. The minimum atomic E-state index is -0.118. The number of H-pyrrole nitrogens is 1. The van der Waals surface area contributed by atoms with Crippen molar-refractivity contribution < 1.29 is 4.79 Å². The van der Waals surface area contributed by atoms with Crippen molar-refractivity contribution in [3.05, 3.63) is 33.4 Å². The number of hydrogen-bond donors (Lipinski definition) is 2. The standard InChI is InChI=1S/C15H18BrN5O2/c1-9-8-12(18-13(22)6-3-7-16)21(20-9)15-17-11-5-2-4-10(11)14(23)19-15/h8H,2-7H2,1H3,(H,18,22)(H,17,19,23). The first-order valence-corrected chi connectivity index (χ1v) is 8.75. The molecule has 2 heterocycles. The zero-order chi connectivity index (χ0) is 16.4. The van der Waals surface area contributed by atoms with E-state index in [-0.39, 0.29) is 11.5 Å². The van der Waals surface area contributed by atoms with Crippen LogP contribution in [0.5, 0.6) is 0 Å². The number of halogens is 1. The van der Waals surface area contributed by atoms with Crippen LogP contribution in [0.15, 0.2) is 10.9 Å². The van der Waals surface area contributed by atoms with Crippen molar-refractivity contribution in [1.29, 1.82) is 0 Å². The molecule has 0 radical (unpaired) electrons. The van der Waals surface area contributed by atoms with Gasteiger partial charge < -0.3 is 5.32 Å². The minimum Gasteiger partial charge on any atom is -0.310 e. The third-order valence-corrected chi connectivity index (χ3v) is 4.33. The Morgan fingerprint density at radius 1 is 1.48 bits per heavy atom. The normalized spacial score (nSPS) is 13.1. The van der Waals surface area contributed by atoms with Gasteiger partial charge in [0.2, 0.25) is 11.9 Å². The Morgan fingerprint density at radius 3 is 3.09 bits per heavy atom. The van der Waals surface area contributed by atoms with Gasteiger partial charge in [-0.2, -0.15) is 9.78 Å². The van der Waals surface area contributed by atoms with Crippen LogP contribution >= 0.6 is 15.9 Å². The molecule has 8 heteroatoms. The SMILES string of the molecule is Cc1cc(NC(=O)CCCBr)n(-c2nc3c(c(=O)[nH]2)CCC3)n1. The number of hydrogen-bond acceptors (Lipinski definition) is 4. The summed E-state index contributed by atoms with van der Waals surface area (Å²) in [6.45, 7) is 1.83. The van der Waals surface area contributed by atoms with Gasteiger partial charge in [-0.05, 0) is 32.6 Å². The number of anilines is 1. The van der Waals surface area contributed by atoms with Crippen molar-refractivity contribution in [2.24, 2.45) is 0 Å². The van der Waals surface area contributed by atoms with Crippen molar-refractivity contribution in [1.82, 2.24) is 19.7 Å². The Labute approximate surface area is 141 Å². The van der Waals surface area contributed by atoms with E-state index < -0.39 is 0 Å². The molecule has 0 unspecified atom stereocenters. The van der Waals surface area contributed by atoms with E-state index in [1.54, 1.807) is 6.07 Å². The molecule has 2 aromatic rings. The minimum absolute atomic E-state index is 0.0888. The van der Waals surface area contributed by atoms with Crippen molar-refractivity contribution in [3.8, 4) is 5.95 Å². The van der Waals surface area contributed by atoms with E-state index >= 15 is 0 Å². The number of carbonyl (C=O) groups excluding carboxylic acids is 1. The zero-order valence-corrected chi connectivity index (χ0v) is 14.4. The number of nitrogens with one attached hydrogen (secondary N) is 2. The molecule has 1 amide bonds. The predicted molar refractivity (Wildman–Crippen MR) is 90.4 cm³/mol. The summed E-state index contributed by atoms with van der Waals surface area (Å²) >= 11 is 3.31. The van der Waals surface area contributed by atoms with Gasteiger partial charge in [0.1, 0.15) is 5.82 Å². The molecule has 2 aromatic heterocycles.